The summed E-state index contributed by atoms with van der Waals surface area (Å²) < 4.78 is 0. The number of benzene rings is 1. The first-order valence-electron chi connectivity index (χ1n) is 8.49. The molecule has 1 N–H and O–H groups in total. The molecule has 130 valence electrons. The van der Waals surface area contributed by atoms with Crippen LogP contribution in [0.5, 0.6) is 0 Å². The van der Waals surface area contributed by atoms with E-state index in [4.69, 9.17) is 16.6 Å². The predicted molar refractivity (Wildman–Crippen MR) is 101 cm³/mol. The number of anilines is 1. The Morgan fingerprint density at radius 2 is 2.00 bits per heavy atom. The lowest BCUT2D eigenvalue weighted by Crippen LogP contribution is -2.42. The third-order valence-electron chi connectivity index (χ3n) is 4.93. The number of nitrogens with one attached hydrogen (secondary N) is 1. The van der Waals surface area contributed by atoms with Gasteiger partial charge in [-0.1, -0.05) is 11.6 Å². The number of piperidine rings is 1. The van der Waals surface area contributed by atoms with Crippen LogP contribution in [0, 0.1) is 0 Å². The quantitative estimate of drug-likeness (QED) is 0.780. The second-order valence-corrected chi connectivity index (χ2v) is 7.11. The lowest BCUT2D eigenvalue weighted by atomic mass is 10.0. The average molecular weight is 357 g/mol. The van der Waals surface area contributed by atoms with Gasteiger partial charge in [-0.2, -0.15) is 5.10 Å². The number of fused-ring (bicyclic) bond motifs is 1. The second kappa shape index (κ2) is 6.61. The summed E-state index contributed by atoms with van der Waals surface area (Å²) in [6.07, 6.45) is 5.86. The number of rotatable bonds is 3. The van der Waals surface area contributed by atoms with Crippen LogP contribution < -0.4 is 4.90 Å². The van der Waals surface area contributed by atoms with E-state index in [9.17, 15) is 0 Å². The molecule has 3 aromatic rings. The van der Waals surface area contributed by atoms with E-state index in [-0.39, 0.29) is 0 Å². The van der Waals surface area contributed by atoms with Gasteiger partial charge in [0.15, 0.2) is 0 Å². The minimum atomic E-state index is 0.648. The van der Waals surface area contributed by atoms with Gasteiger partial charge in [-0.25, -0.2) is 4.98 Å². The topological polar surface area (TPSA) is 60.9 Å². The van der Waals surface area contributed by atoms with Gasteiger partial charge in [0.1, 0.15) is 5.82 Å². The van der Waals surface area contributed by atoms with Crippen molar-refractivity contribution in [2.45, 2.75) is 18.9 Å². The van der Waals surface area contributed by atoms with E-state index in [2.05, 4.69) is 39.1 Å². The molecule has 1 aliphatic rings. The lowest BCUT2D eigenvalue weighted by molar-refractivity contribution is 0.249. The molecule has 0 atom stereocenters. The highest BCUT2D eigenvalue weighted by Crippen LogP contribution is 2.30. The maximum Gasteiger partial charge on any atom is 0.147 e. The Morgan fingerprint density at radius 1 is 1.20 bits per heavy atom. The molecule has 0 saturated carbocycles. The molecule has 0 bridgehead atoms. The zero-order valence-electron chi connectivity index (χ0n) is 14.4. The van der Waals surface area contributed by atoms with Crippen LogP contribution in [0.25, 0.3) is 22.3 Å². The Hall–Kier alpha value is -2.18. The van der Waals surface area contributed by atoms with Gasteiger partial charge in [-0.3, -0.25) is 10.1 Å². The van der Waals surface area contributed by atoms with Crippen LogP contribution >= 0.6 is 11.6 Å². The summed E-state index contributed by atoms with van der Waals surface area (Å²) in [5, 5.41) is 7.57. The van der Waals surface area contributed by atoms with Gasteiger partial charge < -0.3 is 9.80 Å². The maximum atomic E-state index is 6.45. The van der Waals surface area contributed by atoms with Crippen molar-refractivity contribution in [1.29, 1.82) is 0 Å². The van der Waals surface area contributed by atoms with E-state index in [0.29, 0.717) is 11.1 Å². The summed E-state index contributed by atoms with van der Waals surface area (Å²) >= 11 is 6.45. The fraction of sp³-hybridized carbons (Fsp3) is 0.389. The third kappa shape index (κ3) is 3.19. The number of hydrogen-bond donors (Lipinski definition) is 1. The summed E-state index contributed by atoms with van der Waals surface area (Å²) in [5.74, 6) is 0.926. The minimum Gasteiger partial charge on any atom is -0.355 e. The Balaban J connectivity index is 1.62. The van der Waals surface area contributed by atoms with Crippen LogP contribution in [0.15, 0.2) is 30.6 Å². The molecule has 25 heavy (non-hydrogen) atoms. The molecule has 0 aliphatic carbocycles. The molecule has 1 fully saturated rings. The molecule has 0 amide bonds. The lowest BCUT2D eigenvalue weighted by Gasteiger charge is -2.35. The van der Waals surface area contributed by atoms with Crippen molar-refractivity contribution in [3.05, 3.63) is 35.6 Å². The molecule has 0 unspecified atom stereocenters. The summed E-state index contributed by atoms with van der Waals surface area (Å²) in [4.78, 5) is 14.0. The van der Waals surface area contributed by atoms with Crippen LogP contribution in [0.2, 0.25) is 5.02 Å². The standard InChI is InChI=1S/C18H21ClN6/c1-24(2)12-4-7-25(8-5-12)18-11-20-16-9-13(15-3-6-21-23-15)14(19)10-17(16)22-18/h3,6,9-12H,4-5,7-8H2,1-2H3,(H,21,23). The van der Waals surface area contributed by atoms with E-state index in [0.717, 1.165) is 54.0 Å². The molecule has 7 heteroatoms. The third-order valence-corrected chi connectivity index (χ3v) is 5.24. The molecule has 6 nitrogen and oxygen atoms in total. The molecule has 3 heterocycles. The SMILES string of the molecule is CN(C)C1CCN(c2cnc3cc(-c4ccn[nH]4)c(Cl)cc3n2)CC1. The van der Waals surface area contributed by atoms with E-state index in [1.54, 1.807) is 6.20 Å². The second-order valence-electron chi connectivity index (χ2n) is 6.70. The van der Waals surface area contributed by atoms with Crippen molar-refractivity contribution in [2.75, 3.05) is 32.1 Å². The highest BCUT2D eigenvalue weighted by atomic mass is 35.5. The monoisotopic (exact) mass is 356 g/mol. The van der Waals surface area contributed by atoms with E-state index in [1.165, 1.54) is 0 Å². The van der Waals surface area contributed by atoms with Gasteiger partial charge in [0, 0.05) is 30.9 Å². The van der Waals surface area contributed by atoms with Crippen molar-refractivity contribution in [3.8, 4) is 11.3 Å². The predicted octanol–water partition coefficient (Wildman–Crippen LogP) is 3.20. The number of aromatic amines is 1. The molecule has 0 spiro atoms. The largest absolute Gasteiger partial charge is 0.355 e. The Bertz CT molecular complexity index is 869. The number of aromatic nitrogens is 4. The first kappa shape index (κ1) is 16.3. The van der Waals surface area contributed by atoms with E-state index < -0.39 is 0 Å². The number of halogens is 1. The Labute approximate surface area is 151 Å². The summed E-state index contributed by atoms with van der Waals surface area (Å²) in [6, 6.07) is 6.39. The normalized spacial score (nSPS) is 16.1. The zero-order chi connectivity index (χ0) is 17.4. The smallest absolute Gasteiger partial charge is 0.147 e. The fourth-order valence-corrected chi connectivity index (χ4v) is 3.66. The van der Waals surface area contributed by atoms with Gasteiger partial charge in [0.2, 0.25) is 0 Å². The van der Waals surface area contributed by atoms with Gasteiger partial charge in [0.05, 0.1) is 27.9 Å². The average Bonchev–Trinajstić information content (AvgIpc) is 3.15. The first-order valence-corrected chi connectivity index (χ1v) is 8.87. The fourth-order valence-electron chi connectivity index (χ4n) is 3.40. The Morgan fingerprint density at radius 3 is 2.68 bits per heavy atom. The molecular formula is C18H21ClN6. The number of nitrogens with zero attached hydrogens (tertiary/aromatic N) is 5. The van der Waals surface area contributed by atoms with Gasteiger partial charge >= 0.3 is 0 Å². The zero-order valence-corrected chi connectivity index (χ0v) is 15.2. The van der Waals surface area contributed by atoms with Crippen LogP contribution in [0.1, 0.15) is 12.8 Å². The molecule has 1 aliphatic heterocycles. The van der Waals surface area contributed by atoms with Crippen molar-refractivity contribution < 1.29 is 0 Å². The van der Waals surface area contributed by atoms with Crippen molar-refractivity contribution in [1.82, 2.24) is 25.1 Å². The van der Waals surface area contributed by atoms with Crippen LogP contribution in [0.4, 0.5) is 5.82 Å². The van der Waals surface area contributed by atoms with Crippen molar-refractivity contribution >= 4 is 28.5 Å². The molecule has 1 saturated heterocycles. The molecule has 1 aromatic carbocycles. The summed E-state index contributed by atoms with van der Waals surface area (Å²) in [7, 11) is 4.30. The Kier molecular flexibility index (Phi) is 4.31. The van der Waals surface area contributed by atoms with Crippen LogP contribution in [0.3, 0.4) is 0 Å². The van der Waals surface area contributed by atoms with E-state index >= 15 is 0 Å². The number of hydrogen-bond acceptors (Lipinski definition) is 5. The van der Waals surface area contributed by atoms with Crippen molar-refractivity contribution in [2.24, 2.45) is 0 Å². The number of H-pyrrole nitrogens is 1. The summed E-state index contributed by atoms with van der Waals surface area (Å²) in [6.45, 7) is 2.01. The maximum absolute atomic E-state index is 6.45. The van der Waals surface area contributed by atoms with E-state index in [1.807, 2.05) is 24.4 Å². The molecular weight excluding hydrogens is 336 g/mol. The first-order chi connectivity index (χ1) is 12.1. The van der Waals surface area contributed by atoms with Gasteiger partial charge in [-0.05, 0) is 45.1 Å². The molecule has 2 aromatic heterocycles. The highest BCUT2D eigenvalue weighted by Gasteiger charge is 2.22. The highest BCUT2D eigenvalue weighted by molar-refractivity contribution is 6.34. The molecule has 0 radical (unpaired) electrons. The molecule has 4 rings (SSSR count). The van der Waals surface area contributed by atoms with Crippen molar-refractivity contribution in [3.63, 3.8) is 0 Å². The summed E-state index contributed by atoms with van der Waals surface area (Å²) in [5.41, 5.74) is 3.42. The van der Waals surface area contributed by atoms with Crippen LogP contribution in [-0.4, -0.2) is 58.3 Å². The minimum absolute atomic E-state index is 0.648. The van der Waals surface area contributed by atoms with Crippen LogP contribution in [-0.2, 0) is 0 Å². The van der Waals surface area contributed by atoms with Gasteiger partial charge in [-0.15, -0.1) is 0 Å². The van der Waals surface area contributed by atoms with Gasteiger partial charge in [0.25, 0.3) is 0 Å².